The third kappa shape index (κ3) is 59.2. The summed E-state index contributed by atoms with van der Waals surface area (Å²) in [5, 5.41) is 0. The highest BCUT2D eigenvalue weighted by Crippen LogP contribution is 2.19. The summed E-state index contributed by atoms with van der Waals surface area (Å²) >= 11 is 0. The number of hydrogen-bond donors (Lipinski definition) is 0. The van der Waals surface area contributed by atoms with Gasteiger partial charge in [0, 0.05) is 19.3 Å². The Labute approximate surface area is 444 Å². The van der Waals surface area contributed by atoms with Crippen molar-refractivity contribution in [3.8, 4) is 0 Å². The second-order valence-electron chi connectivity index (χ2n) is 23.4. The van der Waals surface area contributed by atoms with Crippen LogP contribution in [0.4, 0.5) is 0 Å². The molecule has 0 rings (SSSR count). The summed E-state index contributed by atoms with van der Waals surface area (Å²) in [4.78, 5) is 38.3. The Morgan fingerprint density at radius 3 is 0.690 bits per heavy atom. The van der Waals surface area contributed by atoms with E-state index in [1.807, 2.05) is 0 Å². The molecule has 0 unspecified atom stereocenters. The van der Waals surface area contributed by atoms with Crippen molar-refractivity contribution in [1.29, 1.82) is 0 Å². The Kier molecular flexibility index (Phi) is 56.4. The van der Waals surface area contributed by atoms with Gasteiger partial charge in [0.25, 0.3) is 0 Å². The molecule has 0 bridgehead atoms. The summed E-state index contributed by atoms with van der Waals surface area (Å²) in [6, 6.07) is 0. The number of hydrogen-bond acceptors (Lipinski definition) is 6. The molecule has 0 heterocycles. The molecule has 0 aromatic heterocycles. The first-order chi connectivity index (χ1) is 34.7. The molecule has 1 atom stereocenters. The van der Waals surface area contributed by atoms with E-state index in [9.17, 15) is 14.4 Å². The quantitative estimate of drug-likeness (QED) is 0.0343. The van der Waals surface area contributed by atoms with Gasteiger partial charge in [-0.05, 0) is 31.1 Å². The van der Waals surface area contributed by atoms with Gasteiger partial charge in [0.15, 0.2) is 6.10 Å². The molecule has 0 saturated carbocycles. The smallest absolute Gasteiger partial charge is 0.306 e. The van der Waals surface area contributed by atoms with Crippen LogP contribution in [0.1, 0.15) is 369 Å². The van der Waals surface area contributed by atoms with Crippen LogP contribution >= 0.6 is 0 Å². The van der Waals surface area contributed by atoms with Gasteiger partial charge in [-0.25, -0.2) is 0 Å². The van der Waals surface area contributed by atoms with E-state index in [1.165, 1.54) is 257 Å². The van der Waals surface area contributed by atoms with Gasteiger partial charge in [0.05, 0.1) is 0 Å². The van der Waals surface area contributed by atoms with Crippen molar-refractivity contribution in [2.75, 3.05) is 13.2 Å². The first kappa shape index (κ1) is 69.4. The third-order valence-electron chi connectivity index (χ3n) is 15.0. The van der Waals surface area contributed by atoms with E-state index < -0.39 is 6.10 Å². The van der Waals surface area contributed by atoms with Crippen molar-refractivity contribution < 1.29 is 28.6 Å². The Morgan fingerprint density at radius 1 is 0.268 bits per heavy atom. The lowest BCUT2D eigenvalue weighted by Crippen LogP contribution is -2.30. The molecule has 6 heteroatoms. The molecule has 71 heavy (non-hydrogen) atoms. The van der Waals surface area contributed by atoms with Crippen molar-refractivity contribution in [3.05, 3.63) is 0 Å². The third-order valence-corrected chi connectivity index (χ3v) is 15.0. The zero-order valence-electron chi connectivity index (χ0n) is 48.9. The summed E-state index contributed by atoms with van der Waals surface area (Å²) in [5.74, 6) is 0.875. The van der Waals surface area contributed by atoms with Crippen molar-refractivity contribution in [1.82, 2.24) is 0 Å². The lowest BCUT2D eigenvalue weighted by atomic mass is 10.0. The molecule has 0 spiro atoms. The molecule has 0 aliphatic carbocycles. The average Bonchev–Trinajstić information content (AvgIpc) is 3.35. The maximum Gasteiger partial charge on any atom is 0.306 e. The predicted molar refractivity (Wildman–Crippen MR) is 307 cm³/mol. The number of unbranched alkanes of at least 4 members (excludes halogenated alkanes) is 44. The van der Waals surface area contributed by atoms with E-state index in [0.717, 1.165) is 69.6 Å². The minimum Gasteiger partial charge on any atom is -0.462 e. The fourth-order valence-electron chi connectivity index (χ4n) is 10.1. The molecule has 0 aliphatic rings. The maximum absolute atomic E-state index is 12.9. The number of carbonyl (C=O) groups is 3. The maximum atomic E-state index is 12.9. The predicted octanol–water partition coefficient (Wildman–Crippen LogP) is 21.6. The van der Waals surface area contributed by atoms with Gasteiger partial charge in [-0.2, -0.15) is 0 Å². The van der Waals surface area contributed by atoms with E-state index >= 15 is 0 Å². The number of esters is 3. The van der Waals surface area contributed by atoms with E-state index in [-0.39, 0.29) is 31.1 Å². The number of ether oxygens (including phenoxy) is 3. The molecule has 0 saturated heterocycles. The second kappa shape index (κ2) is 57.7. The second-order valence-corrected chi connectivity index (χ2v) is 23.4. The molecule has 0 fully saturated rings. The van der Waals surface area contributed by atoms with Gasteiger partial charge in [-0.3, -0.25) is 14.4 Å². The van der Waals surface area contributed by atoms with Crippen LogP contribution in [-0.2, 0) is 28.6 Å². The first-order valence-corrected chi connectivity index (χ1v) is 32.2. The Morgan fingerprint density at radius 2 is 0.465 bits per heavy atom. The zero-order valence-corrected chi connectivity index (χ0v) is 48.9. The van der Waals surface area contributed by atoms with Crippen LogP contribution in [0.25, 0.3) is 0 Å². The molecule has 0 aromatic carbocycles. The average molecular weight is 1000 g/mol. The fourth-order valence-corrected chi connectivity index (χ4v) is 10.1. The number of carbonyl (C=O) groups excluding carboxylic acids is 3. The summed E-state index contributed by atoms with van der Waals surface area (Å²) in [7, 11) is 0. The topological polar surface area (TPSA) is 78.9 Å². The molecule has 0 radical (unpaired) electrons. The summed E-state index contributed by atoms with van der Waals surface area (Å²) in [6.45, 7) is 11.5. The van der Waals surface area contributed by atoms with Crippen molar-refractivity contribution in [2.24, 2.45) is 11.8 Å². The van der Waals surface area contributed by atoms with Gasteiger partial charge < -0.3 is 14.2 Å². The summed E-state index contributed by atoms with van der Waals surface area (Å²) in [6.07, 6.45) is 63.9. The molecular formula is C65H126O6. The van der Waals surface area contributed by atoms with Gasteiger partial charge >= 0.3 is 17.9 Å². The Hall–Kier alpha value is -1.59. The molecule has 0 aliphatic heterocycles. The summed E-state index contributed by atoms with van der Waals surface area (Å²) in [5.41, 5.74) is 0. The van der Waals surface area contributed by atoms with E-state index in [1.54, 1.807) is 0 Å². The van der Waals surface area contributed by atoms with Gasteiger partial charge in [0.1, 0.15) is 13.2 Å². The Bertz CT molecular complexity index is 1090. The summed E-state index contributed by atoms with van der Waals surface area (Å²) < 4.78 is 17.0. The molecular weight excluding hydrogens is 877 g/mol. The fraction of sp³-hybridized carbons (Fsp3) is 0.954. The molecule has 422 valence electrons. The molecule has 0 amide bonds. The highest BCUT2D eigenvalue weighted by molar-refractivity contribution is 5.71. The van der Waals surface area contributed by atoms with Crippen LogP contribution in [-0.4, -0.2) is 37.2 Å². The molecule has 0 aromatic rings. The normalized spacial score (nSPS) is 12.0. The van der Waals surface area contributed by atoms with Crippen molar-refractivity contribution >= 4 is 17.9 Å². The van der Waals surface area contributed by atoms with Crippen molar-refractivity contribution in [2.45, 2.75) is 375 Å². The van der Waals surface area contributed by atoms with Crippen LogP contribution < -0.4 is 0 Å². The number of rotatable bonds is 59. The van der Waals surface area contributed by atoms with Gasteiger partial charge in [-0.1, -0.05) is 330 Å². The lowest BCUT2D eigenvalue weighted by Gasteiger charge is -2.18. The highest BCUT2D eigenvalue weighted by atomic mass is 16.6. The molecule has 0 N–H and O–H groups in total. The first-order valence-electron chi connectivity index (χ1n) is 32.2. The van der Waals surface area contributed by atoms with E-state index in [0.29, 0.717) is 19.3 Å². The van der Waals surface area contributed by atoms with E-state index in [2.05, 4.69) is 34.6 Å². The largest absolute Gasteiger partial charge is 0.462 e. The van der Waals surface area contributed by atoms with Crippen LogP contribution in [0.2, 0.25) is 0 Å². The van der Waals surface area contributed by atoms with Gasteiger partial charge in [0.2, 0.25) is 0 Å². The SMILES string of the molecule is CCCCCCCCCCCCCCCCCC(=O)OC[C@@H](COC(=O)CCCCCCCCCCCCCCCCCCC(C)C)OC(=O)CCCCCCCCCCCCCCCCCCC(C)C. The molecule has 6 nitrogen and oxygen atoms in total. The van der Waals surface area contributed by atoms with Crippen LogP contribution in [0.15, 0.2) is 0 Å². The van der Waals surface area contributed by atoms with Crippen LogP contribution in [0.3, 0.4) is 0 Å². The minimum absolute atomic E-state index is 0.0617. The minimum atomic E-state index is -0.763. The lowest BCUT2D eigenvalue weighted by molar-refractivity contribution is -0.167. The van der Waals surface area contributed by atoms with E-state index in [4.69, 9.17) is 14.2 Å². The Balaban J connectivity index is 4.28. The zero-order chi connectivity index (χ0) is 51.8. The van der Waals surface area contributed by atoms with Crippen LogP contribution in [0.5, 0.6) is 0 Å². The standard InChI is InChI=1S/C65H126O6/c1-6-7-8-9-10-11-12-13-18-25-30-35-40-45-50-55-63(66)69-58-62(71-65(68)57-52-47-42-37-32-27-22-17-15-20-24-29-34-39-44-49-54-61(4)5)59-70-64(67)56-51-46-41-36-31-26-21-16-14-19-23-28-33-38-43-48-53-60(2)3/h60-62H,6-59H2,1-5H3/t62-/m0/s1. The monoisotopic (exact) mass is 1000 g/mol. The highest BCUT2D eigenvalue weighted by Gasteiger charge is 2.19. The van der Waals surface area contributed by atoms with Crippen molar-refractivity contribution in [3.63, 3.8) is 0 Å². The van der Waals surface area contributed by atoms with Crippen LogP contribution in [0, 0.1) is 11.8 Å². The van der Waals surface area contributed by atoms with Gasteiger partial charge in [-0.15, -0.1) is 0 Å².